The maximum Gasteiger partial charge on any atom is 0.289 e. The smallest absolute Gasteiger partial charge is 0.289 e. The van der Waals surface area contributed by atoms with Crippen LogP contribution in [0.25, 0.3) is 0 Å². The lowest BCUT2D eigenvalue weighted by Gasteiger charge is -2.14. The Bertz CT molecular complexity index is 535. The quantitative estimate of drug-likeness (QED) is 0.776. The molecule has 0 bridgehead atoms. The van der Waals surface area contributed by atoms with Crippen LogP contribution in [0.2, 0.25) is 0 Å². The van der Waals surface area contributed by atoms with E-state index in [0.29, 0.717) is 5.82 Å². The van der Waals surface area contributed by atoms with Crippen LogP contribution in [0.1, 0.15) is 16.4 Å². The van der Waals surface area contributed by atoms with E-state index in [4.69, 9.17) is 4.42 Å². The number of hydrogen-bond acceptors (Lipinski definition) is 5. The van der Waals surface area contributed by atoms with Gasteiger partial charge in [-0.3, -0.25) is 14.7 Å². The zero-order valence-electron chi connectivity index (χ0n) is 10.3. The van der Waals surface area contributed by atoms with Crippen LogP contribution < -0.4 is 5.32 Å². The number of carbonyl (C=O) groups excluding carboxylic acids is 2. The summed E-state index contributed by atoms with van der Waals surface area (Å²) in [5, 5.41) is 8.90. The second-order valence-corrected chi connectivity index (χ2v) is 3.85. The largest absolute Gasteiger partial charge is 0.459 e. The molecule has 2 amide bonds. The monoisotopic (exact) mass is 263 g/mol. The van der Waals surface area contributed by atoms with Crippen LogP contribution in [0.5, 0.6) is 0 Å². The maximum atomic E-state index is 11.8. The lowest BCUT2D eigenvalue weighted by Crippen LogP contribution is -2.38. The summed E-state index contributed by atoms with van der Waals surface area (Å²) in [5.74, 6) is 0.109. The van der Waals surface area contributed by atoms with Gasteiger partial charge in [0.25, 0.3) is 5.91 Å². The number of aromatic amines is 1. The number of carbonyl (C=O) groups is 2. The maximum absolute atomic E-state index is 11.8. The van der Waals surface area contributed by atoms with Gasteiger partial charge in [-0.05, 0) is 12.1 Å². The van der Waals surface area contributed by atoms with E-state index in [9.17, 15) is 9.59 Å². The van der Waals surface area contributed by atoms with E-state index in [1.54, 1.807) is 12.1 Å². The van der Waals surface area contributed by atoms with Crippen molar-refractivity contribution in [1.82, 2.24) is 25.4 Å². The van der Waals surface area contributed by atoms with E-state index in [1.807, 2.05) is 0 Å². The third-order valence-electron chi connectivity index (χ3n) is 2.38. The highest BCUT2D eigenvalue weighted by Crippen LogP contribution is 2.03. The van der Waals surface area contributed by atoms with E-state index in [0.717, 1.165) is 0 Å². The standard InChI is InChI=1S/C11H13N5O3/c1-16(11(18)8-3-2-4-19-8)6-10(17)12-5-9-13-7-14-15-9/h2-4,7H,5-6H2,1H3,(H,12,17)(H,13,14,15). The second-order valence-electron chi connectivity index (χ2n) is 3.85. The molecule has 2 aromatic heterocycles. The van der Waals surface area contributed by atoms with Gasteiger partial charge in [-0.2, -0.15) is 5.10 Å². The molecule has 0 aliphatic heterocycles. The van der Waals surface area contributed by atoms with Crippen LogP contribution in [0, 0.1) is 0 Å². The fourth-order valence-electron chi connectivity index (χ4n) is 1.43. The molecule has 2 heterocycles. The summed E-state index contributed by atoms with van der Waals surface area (Å²) in [6, 6.07) is 3.16. The fourth-order valence-corrected chi connectivity index (χ4v) is 1.43. The van der Waals surface area contributed by atoms with Crippen LogP contribution >= 0.6 is 0 Å². The second kappa shape index (κ2) is 5.80. The number of amides is 2. The highest BCUT2D eigenvalue weighted by molar-refractivity contribution is 5.93. The molecule has 8 heteroatoms. The number of furan rings is 1. The molecule has 0 saturated heterocycles. The Kier molecular flexibility index (Phi) is 3.91. The van der Waals surface area contributed by atoms with Crippen molar-refractivity contribution < 1.29 is 14.0 Å². The minimum absolute atomic E-state index is 0.0618. The average molecular weight is 263 g/mol. The first kappa shape index (κ1) is 12.8. The zero-order chi connectivity index (χ0) is 13.7. The lowest BCUT2D eigenvalue weighted by atomic mass is 10.4. The first-order chi connectivity index (χ1) is 9.16. The molecule has 0 atom stereocenters. The number of likely N-dealkylation sites (N-methyl/N-ethyl adjacent to an activating group) is 1. The molecular weight excluding hydrogens is 250 g/mol. The SMILES string of the molecule is CN(CC(=O)NCc1ncn[nH]1)C(=O)c1ccco1. The van der Waals surface area contributed by atoms with Gasteiger partial charge in [-0.1, -0.05) is 0 Å². The molecule has 0 aliphatic carbocycles. The van der Waals surface area contributed by atoms with Gasteiger partial charge in [0.05, 0.1) is 19.4 Å². The van der Waals surface area contributed by atoms with Crippen LogP contribution in [-0.4, -0.2) is 45.5 Å². The van der Waals surface area contributed by atoms with Crippen LogP contribution in [-0.2, 0) is 11.3 Å². The topological polar surface area (TPSA) is 104 Å². The Labute approximate surface area is 108 Å². The molecule has 100 valence electrons. The molecule has 0 saturated carbocycles. The predicted octanol–water partition coefficient (Wildman–Crippen LogP) is -0.214. The Hall–Kier alpha value is -2.64. The van der Waals surface area contributed by atoms with Crippen molar-refractivity contribution in [2.45, 2.75) is 6.54 Å². The van der Waals surface area contributed by atoms with Crippen molar-refractivity contribution in [3.63, 3.8) is 0 Å². The van der Waals surface area contributed by atoms with Crippen LogP contribution in [0.4, 0.5) is 0 Å². The minimum atomic E-state index is -0.347. The Morgan fingerprint density at radius 3 is 3.00 bits per heavy atom. The van der Waals surface area contributed by atoms with Crippen LogP contribution in [0.3, 0.4) is 0 Å². The minimum Gasteiger partial charge on any atom is -0.459 e. The molecule has 2 aromatic rings. The third kappa shape index (κ3) is 3.41. The van der Waals surface area contributed by atoms with Gasteiger partial charge in [-0.25, -0.2) is 4.98 Å². The highest BCUT2D eigenvalue weighted by Gasteiger charge is 2.16. The molecule has 2 N–H and O–H groups in total. The Morgan fingerprint density at radius 1 is 1.53 bits per heavy atom. The molecule has 0 unspecified atom stereocenters. The van der Waals surface area contributed by atoms with Crippen molar-refractivity contribution in [1.29, 1.82) is 0 Å². The van der Waals surface area contributed by atoms with Crippen molar-refractivity contribution in [2.24, 2.45) is 0 Å². The van der Waals surface area contributed by atoms with Gasteiger partial charge in [0.1, 0.15) is 12.2 Å². The fraction of sp³-hybridized carbons (Fsp3) is 0.273. The Morgan fingerprint density at radius 2 is 2.37 bits per heavy atom. The lowest BCUT2D eigenvalue weighted by molar-refractivity contribution is -0.121. The van der Waals surface area contributed by atoms with Gasteiger partial charge < -0.3 is 14.6 Å². The van der Waals surface area contributed by atoms with Gasteiger partial charge in [0, 0.05) is 7.05 Å². The number of H-pyrrole nitrogens is 1. The molecule has 0 radical (unpaired) electrons. The van der Waals surface area contributed by atoms with Crippen molar-refractivity contribution in [3.05, 3.63) is 36.3 Å². The molecule has 0 aromatic carbocycles. The number of aromatic nitrogens is 3. The van der Waals surface area contributed by atoms with E-state index in [1.165, 1.54) is 24.5 Å². The molecule has 0 aliphatic rings. The first-order valence-electron chi connectivity index (χ1n) is 5.56. The Balaban J connectivity index is 1.80. The van der Waals surface area contributed by atoms with E-state index in [-0.39, 0.29) is 30.7 Å². The zero-order valence-corrected chi connectivity index (χ0v) is 10.3. The van der Waals surface area contributed by atoms with Crippen molar-refractivity contribution in [3.8, 4) is 0 Å². The molecule has 8 nitrogen and oxygen atoms in total. The summed E-state index contributed by atoms with van der Waals surface area (Å²) >= 11 is 0. The van der Waals surface area contributed by atoms with E-state index in [2.05, 4.69) is 20.5 Å². The predicted molar refractivity (Wildman–Crippen MR) is 63.9 cm³/mol. The van der Waals surface area contributed by atoms with Gasteiger partial charge in [0.2, 0.25) is 5.91 Å². The molecule has 19 heavy (non-hydrogen) atoms. The van der Waals surface area contributed by atoms with Gasteiger partial charge >= 0.3 is 0 Å². The first-order valence-corrected chi connectivity index (χ1v) is 5.56. The number of hydrogen-bond donors (Lipinski definition) is 2. The third-order valence-corrected chi connectivity index (χ3v) is 2.38. The summed E-state index contributed by atoms with van der Waals surface area (Å²) in [6.07, 6.45) is 2.76. The van der Waals surface area contributed by atoms with Crippen molar-refractivity contribution in [2.75, 3.05) is 13.6 Å². The summed E-state index contributed by atoms with van der Waals surface area (Å²) in [4.78, 5) is 28.6. The summed E-state index contributed by atoms with van der Waals surface area (Å²) < 4.78 is 4.97. The molecular formula is C11H13N5O3. The van der Waals surface area contributed by atoms with E-state index < -0.39 is 0 Å². The average Bonchev–Trinajstić information content (AvgIpc) is 3.08. The summed E-state index contributed by atoms with van der Waals surface area (Å²) in [6.45, 7) is 0.176. The molecule has 0 spiro atoms. The molecule has 2 rings (SSSR count). The van der Waals surface area contributed by atoms with Gasteiger partial charge in [0.15, 0.2) is 5.76 Å². The van der Waals surface area contributed by atoms with Crippen LogP contribution in [0.15, 0.2) is 29.1 Å². The highest BCUT2D eigenvalue weighted by atomic mass is 16.3. The van der Waals surface area contributed by atoms with Gasteiger partial charge in [-0.15, -0.1) is 0 Å². The summed E-state index contributed by atoms with van der Waals surface area (Å²) in [5.41, 5.74) is 0. The van der Waals surface area contributed by atoms with Crippen molar-refractivity contribution >= 4 is 11.8 Å². The van der Waals surface area contributed by atoms with E-state index >= 15 is 0 Å². The normalized spacial score (nSPS) is 10.2. The molecule has 0 fully saturated rings. The number of rotatable bonds is 5. The summed E-state index contributed by atoms with van der Waals surface area (Å²) in [7, 11) is 1.53. The number of nitrogens with one attached hydrogen (secondary N) is 2. The number of nitrogens with zero attached hydrogens (tertiary/aromatic N) is 3.